The van der Waals surface area contributed by atoms with Gasteiger partial charge in [-0.1, -0.05) is 12.1 Å². The zero-order chi connectivity index (χ0) is 21.2. The number of nitrogens with zero attached hydrogens (tertiary/aromatic N) is 2. The Bertz CT molecular complexity index is 682. The summed E-state index contributed by atoms with van der Waals surface area (Å²) >= 11 is 0. The average molecular weight is 419 g/mol. The maximum atomic E-state index is 6.06. The first-order chi connectivity index (χ1) is 14.7. The van der Waals surface area contributed by atoms with Crippen LogP contribution >= 0.6 is 0 Å². The minimum Gasteiger partial charge on any atom is -0.493 e. The molecule has 0 amide bonds. The van der Waals surface area contributed by atoms with Crippen molar-refractivity contribution < 1.29 is 14.2 Å². The Morgan fingerprint density at radius 1 is 1.30 bits per heavy atom. The number of aryl methyl sites for hydroxylation is 1. The lowest BCUT2D eigenvalue weighted by molar-refractivity contribution is -0.0453. The second-order valence-corrected chi connectivity index (χ2v) is 8.13. The summed E-state index contributed by atoms with van der Waals surface area (Å²) < 4.78 is 17.2. The molecule has 0 saturated carbocycles. The molecule has 2 saturated heterocycles. The summed E-state index contributed by atoms with van der Waals surface area (Å²) in [6, 6.07) is 6.92. The van der Waals surface area contributed by atoms with E-state index in [1.165, 1.54) is 24.9 Å². The van der Waals surface area contributed by atoms with E-state index in [4.69, 9.17) is 19.2 Å². The fraction of sp³-hybridized carbons (Fsp3) is 0.696. The third-order valence-electron chi connectivity index (χ3n) is 5.68. The number of hydrogen-bond donors (Lipinski definition) is 2. The lowest BCUT2D eigenvalue weighted by atomic mass is 10.1. The van der Waals surface area contributed by atoms with Gasteiger partial charge in [-0.15, -0.1) is 0 Å². The van der Waals surface area contributed by atoms with E-state index >= 15 is 0 Å². The van der Waals surface area contributed by atoms with Gasteiger partial charge in [0.1, 0.15) is 5.75 Å². The van der Waals surface area contributed by atoms with Crippen LogP contribution in [0.15, 0.2) is 23.2 Å². The van der Waals surface area contributed by atoms with Gasteiger partial charge >= 0.3 is 0 Å². The van der Waals surface area contributed by atoms with Gasteiger partial charge in [0, 0.05) is 51.4 Å². The van der Waals surface area contributed by atoms with E-state index in [2.05, 4.69) is 47.6 Å². The first-order valence-corrected chi connectivity index (χ1v) is 11.3. The molecule has 2 aliphatic rings. The topological polar surface area (TPSA) is 67.4 Å². The second kappa shape index (κ2) is 12.1. The third-order valence-corrected chi connectivity index (χ3v) is 5.68. The quantitative estimate of drug-likeness (QED) is 0.345. The minimum absolute atomic E-state index is 0.210. The molecule has 1 aromatic rings. The zero-order valence-corrected chi connectivity index (χ0v) is 18.8. The molecule has 7 heteroatoms. The molecule has 2 atom stereocenters. The highest BCUT2D eigenvalue weighted by Gasteiger charge is 2.32. The third kappa shape index (κ3) is 6.86. The normalized spacial score (nSPS) is 22.0. The lowest BCUT2D eigenvalue weighted by Crippen LogP contribution is -2.51. The van der Waals surface area contributed by atoms with Gasteiger partial charge in [-0.2, -0.15) is 0 Å². The predicted octanol–water partition coefficient (Wildman–Crippen LogP) is 2.33. The monoisotopic (exact) mass is 418 g/mol. The molecule has 2 fully saturated rings. The number of aliphatic imine (C=N–C) groups is 1. The molecule has 0 spiro atoms. The number of morpholine rings is 1. The highest BCUT2D eigenvalue weighted by molar-refractivity contribution is 5.79. The summed E-state index contributed by atoms with van der Waals surface area (Å²) in [5.74, 6) is 1.72. The van der Waals surface area contributed by atoms with Crippen LogP contribution in [0.5, 0.6) is 5.75 Å². The summed E-state index contributed by atoms with van der Waals surface area (Å²) in [6.45, 7) is 10.7. The molecule has 7 nitrogen and oxygen atoms in total. The molecule has 2 N–H and O–H groups in total. The number of hydrogen-bond acceptors (Lipinski definition) is 5. The van der Waals surface area contributed by atoms with Crippen molar-refractivity contribution >= 4 is 5.96 Å². The van der Waals surface area contributed by atoms with E-state index in [0.29, 0.717) is 25.8 Å². The smallest absolute Gasteiger partial charge is 0.191 e. The van der Waals surface area contributed by atoms with Crippen molar-refractivity contribution in [3.8, 4) is 5.75 Å². The average Bonchev–Trinajstić information content (AvgIpc) is 3.22. The SMILES string of the molecule is CCNC(=NCc1ccc(C)cc1OCCCOC)NCC1CN2CCCC2CO1. The first-order valence-electron chi connectivity index (χ1n) is 11.3. The van der Waals surface area contributed by atoms with Crippen LogP contribution in [0.25, 0.3) is 0 Å². The number of guanidine groups is 1. The Kier molecular flexibility index (Phi) is 9.24. The van der Waals surface area contributed by atoms with Crippen LogP contribution in [0.2, 0.25) is 0 Å². The van der Waals surface area contributed by atoms with Crippen molar-refractivity contribution in [2.75, 3.05) is 53.1 Å². The standard InChI is InChI=1S/C23H38N4O3/c1-4-24-23(26-15-21-16-27-10-5-7-20(27)17-30-21)25-14-19-9-8-18(2)13-22(19)29-12-6-11-28-3/h8-9,13,20-21H,4-7,10-12,14-17H2,1-3H3,(H2,24,25,26). The summed E-state index contributed by atoms with van der Waals surface area (Å²) in [5.41, 5.74) is 2.27. The molecule has 168 valence electrons. The van der Waals surface area contributed by atoms with Crippen molar-refractivity contribution in [3.63, 3.8) is 0 Å². The van der Waals surface area contributed by atoms with Gasteiger partial charge < -0.3 is 24.8 Å². The van der Waals surface area contributed by atoms with Gasteiger partial charge in [-0.05, 0) is 44.9 Å². The second-order valence-electron chi connectivity index (χ2n) is 8.13. The molecule has 2 heterocycles. The Hall–Kier alpha value is -1.83. The molecule has 0 aliphatic carbocycles. The maximum absolute atomic E-state index is 6.06. The van der Waals surface area contributed by atoms with E-state index in [9.17, 15) is 0 Å². The van der Waals surface area contributed by atoms with Crippen LogP contribution in [0.4, 0.5) is 0 Å². The largest absolute Gasteiger partial charge is 0.493 e. The summed E-state index contributed by atoms with van der Waals surface area (Å²) in [4.78, 5) is 7.36. The molecule has 0 aromatic heterocycles. The zero-order valence-electron chi connectivity index (χ0n) is 18.8. The van der Waals surface area contributed by atoms with Crippen molar-refractivity contribution in [3.05, 3.63) is 29.3 Å². The van der Waals surface area contributed by atoms with Gasteiger partial charge in [0.25, 0.3) is 0 Å². The molecule has 0 bridgehead atoms. The van der Waals surface area contributed by atoms with E-state index in [0.717, 1.165) is 49.9 Å². The first kappa shape index (κ1) is 22.8. The summed E-state index contributed by atoms with van der Waals surface area (Å²) in [7, 11) is 1.71. The summed E-state index contributed by atoms with van der Waals surface area (Å²) in [5, 5.41) is 6.80. The maximum Gasteiger partial charge on any atom is 0.191 e. The van der Waals surface area contributed by atoms with Gasteiger partial charge in [-0.3, -0.25) is 4.90 Å². The van der Waals surface area contributed by atoms with Gasteiger partial charge in [-0.25, -0.2) is 4.99 Å². The van der Waals surface area contributed by atoms with Gasteiger partial charge in [0.2, 0.25) is 0 Å². The van der Waals surface area contributed by atoms with E-state index < -0.39 is 0 Å². The highest BCUT2D eigenvalue weighted by Crippen LogP contribution is 2.23. The fourth-order valence-electron chi connectivity index (χ4n) is 4.04. The minimum atomic E-state index is 0.210. The van der Waals surface area contributed by atoms with E-state index in [1.807, 2.05) is 0 Å². The van der Waals surface area contributed by atoms with Crippen molar-refractivity contribution in [1.82, 2.24) is 15.5 Å². The molecular weight excluding hydrogens is 380 g/mol. The number of nitrogens with one attached hydrogen (secondary N) is 2. The molecule has 2 aliphatic heterocycles. The van der Waals surface area contributed by atoms with E-state index in [-0.39, 0.29) is 6.10 Å². The van der Waals surface area contributed by atoms with Crippen molar-refractivity contribution in [2.24, 2.45) is 4.99 Å². The number of ether oxygens (including phenoxy) is 3. The number of methoxy groups -OCH3 is 1. The molecule has 1 aromatic carbocycles. The Balaban J connectivity index is 1.54. The molecule has 30 heavy (non-hydrogen) atoms. The van der Waals surface area contributed by atoms with Crippen LogP contribution in [0.1, 0.15) is 37.3 Å². The molecular formula is C23H38N4O3. The van der Waals surface area contributed by atoms with E-state index in [1.54, 1.807) is 7.11 Å². The van der Waals surface area contributed by atoms with Crippen molar-refractivity contribution in [1.29, 1.82) is 0 Å². The van der Waals surface area contributed by atoms with Gasteiger partial charge in [0.05, 0.1) is 25.9 Å². The fourth-order valence-corrected chi connectivity index (χ4v) is 4.04. The van der Waals surface area contributed by atoms with Crippen molar-refractivity contribution in [2.45, 2.75) is 51.8 Å². The number of rotatable bonds is 10. The van der Waals surface area contributed by atoms with Crippen LogP contribution in [0.3, 0.4) is 0 Å². The molecule has 3 rings (SSSR count). The Labute approximate surface area is 181 Å². The van der Waals surface area contributed by atoms with Crippen LogP contribution < -0.4 is 15.4 Å². The predicted molar refractivity (Wildman–Crippen MR) is 120 cm³/mol. The molecule has 2 unspecified atom stereocenters. The Morgan fingerprint density at radius 2 is 2.20 bits per heavy atom. The van der Waals surface area contributed by atoms with Crippen LogP contribution in [-0.2, 0) is 16.0 Å². The van der Waals surface area contributed by atoms with Gasteiger partial charge in [0.15, 0.2) is 5.96 Å². The highest BCUT2D eigenvalue weighted by atomic mass is 16.5. The Morgan fingerprint density at radius 3 is 3.03 bits per heavy atom. The number of fused-ring (bicyclic) bond motifs is 1. The lowest BCUT2D eigenvalue weighted by Gasteiger charge is -2.35. The summed E-state index contributed by atoms with van der Waals surface area (Å²) in [6.07, 6.45) is 3.65. The number of benzene rings is 1. The van der Waals surface area contributed by atoms with Crippen LogP contribution in [0, 0.1) is 6.92 Å². The molecule has 0 radical (unpaired) electrons. The van der Waals surface area contributed by atoms with Crippen LogP contribution in [-0.4, -0.2) is 76.1 Å².